The number of aromatic nitrogens is 1. The predicted molar refractivity (Wildman–Crippen MR) is 75.4 cm³/mol. The van der Waals surface area contributed by atoms with Gasteiger partial charge >= 0.3 is 0 Å². The Hall–Kier alpha value is -2.14. The zero-order valence-electron chi connectivity index (χ0n) is 10.8. The van der Waals surface area contributed by atoms with E-state index in [0.717, 1.165) is 36.8 Å². The molecular weight excluding hydrogens is 232 g/mol. The fraction of sp³-hybridized carbons (Fsp3) is 0.294. The second kappa shape index (κ2) is 4.85. The van der Waals surface area contributed by atoms with E-state index in [1.165, 1.54) is 5.56 Å². The highest BCUT2D eigenvalue weighted by atomic mass is 14.6. The van der Waals surface area contributed by atoms with E-state index in [1.807, 2.05) is 12.3 Å². The van der Waals surface area contributed by atoms with Crippen molar-refractivity contribution in [3.05, 3.63) is 54.4 Å². The highest BCUT2D eigenvalue weighted by Gasteiger charge is 2.35. The van der Waals surface area contributed by atoms with Gasteiger partial charge in [0.15, 0.2) is 0 Å². The summed E-state index contributed by atoms with van der Waals surface area (Å²) in [4.78, 5) is 4.14. The normalized spacial score (nSPS) is 17.0. The van der Waals surface area contributed by atoms with Crippen LogP contribution in [-0.4, -0.2) is 4.98 Å². The van der Waals surface area contributed by atoms with E-state index >= 15 is 0 Å². The van der Waals surface area contributed by atoms with E-state index in [4.69, 9.17) is 0 Å². The first-order valence-corrected chi connectivity index (χ1v) is 6.76. The van der Waals surface area contributed by atoms with Crippen LogP contribution in [0.4, 0.5) is 0 Å². The van der Waals surface area contributed by atoms with Crippen LogP contribution in [0.5, 0.6) is 0 Å². The largest absolute Gasteiger partial charge is 0.264 e. The van der Waals surface area contributed by atoms with Gasteiger partial charge in [0.1, 0.15) is 0 Å². The van der Waals surface area contributed by atoms with Crippen molar-refractivity contribution in [1.29, 1.82) is 5.26 Å². The van der Waals surface area contributed by atoms with Gasteiger partial charge in [-0.25, -0.2) is 0 Å². The first-order valence-electron chi connectivity index (χ1n) is 6.76. The molecule has 0 spiro atoms. The number of rotatable bonds is 2. The maximum Gasteiger partial charge on any atom is 0.0822 e. The van der Waals surface area contributed by atoms with Crippen LogP contribution in [0.2, 0.25) is 0 Å². The molecule has 1 saturated carbocycles. The van der Waals surface area contributed by atoms with Crippen molar-refractivity contribution in [3.63, 3.8) is 0 Å². The van der Waals surface area contributed by atoms with Gasteiger partial charge in [0.05, 0.1) is 11.5 Å². The molecule has 1 heterocycles. The Morgan fingerprint density at radius 1 is 1.00 bits per heavy atom. The second-order valence-corrected chi connectivity index (χ2v) is 5.22. The van der Waals surface area contributed by atoms with E-state index in [1.54, 1.807) is 6.20 Å². The third-order valence-electron chi connectivity index (χ3n) is 4.10. The molecule has 94 valence electrons. The Labute approximate surface area is 113 Å². The number of benzene rings is 1. The Kier molecular flexibility index (Phi) is 3.05. The Balaban J connectivity index is 1.94. The minimum atomic E-state index is -0.243. The molecule has 0 saturated heterocycles. The minimum absolute atomic E-state index is 0.243. The Morgan fingerprint density at radius 3 is 2.32 bits per heavy atom. The molecule has 1 aliphatic rings. The van der Waals surface area contributed by atoms with Crippen molar-refractivity contribution in [2.45, 2.75) is 31.1 Å². The zero-order chi connectivity index (χ0) is 13.1. The molecular formula is C17H16N2. The van der Waals surface area contributed by atoms with Gasteiger partial charge in [0, 0.05) is 12.4 Å². The van der Waals surface area contributed by atoms with Crippen molar-refractivity contribution >= 4 is 0 Å². The van der Waals surface area contributed by atoms with E-state index < -0.39 is 0 Å². The highest BCUT2D eigenvalue weighted by molar-refractivity contribution is 5.63. The lowest BCUT2D eigenvalue weighted by Gasteiger charge is -2.20. The first kappa shape index (κ1) is 11.9. The number of hydrogen-bond donors (Lipinski definition) is 0. The fourth-order valence-corrected chi connectivity index (χ4v) is 2.96. The lowest BCUT2D eigenvalue weighted by molar-refractivity contribution is 0.573. The van der Waals surface area contributed by atoms with Gasteiger partial charge in [0.2, 0.25) is 0 Å². The summed E-state index contributed by atoms with van der Waals surface area (Å²) in [6.07, 6.45) is 7.97. The summed E-state index contributed by atoms with van der Waals surface area (Å²) in [5.41, 5.74) is 3.20. The maximum absolute atomic E-state index is 9.50. The minimum Gasteiger partial charge on any atom is -0.264 e. The molecule has 1 aromatic heterocycles. The number of nitriles is 1. The van der Waals surface area contributed by atoms with Gasteiger partial charge in [0.25, 0.3) is 0 Å². The summed E-state index contributed by atoms with van der Waals surface area (Å²) in [5.74, 6) is 0. The highest BCUT2D eigenvalue weighted by Crippen LogP contribution is 2.40. The van der Waals surface area contributed by atoms with Crippen LogP contribution in [0.15, 0.2) is 48.8 Å². The van der Waals surface area contributed by atoms with Crippen molar-refractivity contribution in [2.75, 3.05) is 0 Å². The number of pyridine rings is 1. The molecule has 1 fully saturated rings. The average molecular weight is 248 g/mol. The van der Waals surface area contributed by atoms with Crippen LogP contribution in [0.1, 0.15) is 31.2 Å². The molecule has 19 heavy (non-hydrogen) atoms. The molecule has 0 aliphatic heterocycles. The van der Waals surface area contributed by atoms with E-state index in [0.29, 0.717) is 0 Å². The van der Waals surface area contributed by atoms with Crippen molar-refractivity contribution < 1.29 is 0 Å². The molecule has 0 unspecified atom stereocenters. The molecule has 1 aliphatic carbocycles. The van der Waals surface area contributed by atoms with Gasteiger partial charge in [-0.1, -0.05) is 43.2 Å². The first-order chi connectivity index (χ1) is 9.34. The molecule has 2 nitrogen and oxygen atoms in total. The van der Waals surface area contributed by atoms with E-state index in [2.05, 4.69) is 41.4 Å². The SMILES string of the molecule is N#CC1(c2ccc(-c3cccnc3)cc2)CCCC1. The lowest BCUT2D eigenvalue weighted by Crippen LogP contribution is -2.18. The molecule has 2 heteroatoms. The van der Waals surface area contributed by atoms with Crippen molar-refractivity contribution in [3.8, 4) is 17.2 Å². The van der Waals surface area contributed by atoms with Gasteiger partial charge in [-0.15, -0.1) is 0 Å². The zero-order valence-corrected chi connectivity index (χ0v) is 10.8. The molecule has 0 N–H and O–H groups in total. The average Bonchev–Trinajstić information content (AvgIpc) is 2.98. The van der Waals surface area contributed by atoms with Gasteiger partial charge in [-0.3, -0.25) is 4.98 Å². The fourth-order valence-electron chi connectivity index (χ4n) is 2.96. The van der Waals surface area contributed by atoms with Crippen LogP contribution in [0, 0.1) is 11.3 Å². The van der Waals surface area contributed by atoms with Gasteiger partial charge in [-0.2, -0.15) is 5.26 Å². The van der Waals surface area contributed by atoms with Crippen LogP contribution < -0.4 is 0 Å². The third-order valence-corrected chi connectivity index (χ3v) is 4.10. The molecule has 1 aromatic carbocycles. The topological polar surface area (TPSA) is 36.7 Å². The van der Waals surface area contributed by atoms with Crippen LogP contribution >= 0.6 is 0 Å². The number of hydrogen-bond acceptors (Lipinski definition) is 2. The van der Waals surface area contributed by atoms with Crippen LogP contribution in [0.25, 0.3) is 11.1 Å². The van der Waals surface area contributed by atoms with Crippen LogP contribution in [0.3, 0.4) is 0 Å². The summed E-state index contributed by atoms with van der Waals surface area (Å²) < 4.78 is 0. The number of nitrogens with zero attached hydrogens (tertiary/aromatic N) is 2. The molecule has 3 rings (SSSR count). The molecule has 0 atom stereocenters. The molecule has 0 bridgehead atoms. The predicted octanol–water partition coefficient (Wildman–Crippen LogP) is 4.08. The maximum atomic E-state index is 9.50. The quantitative estimate of drug-likeness (QED) is 0.802. The standard InChI is InChI=1S/C17H16N2/c18-13-17(9-1-2-10-17)16-7-5-14(6-8-16)15-4-3-11-19-12-15/h3-8,11-12H,1-2,9-10H2. The lowest BCUT2D eigenvalue weighted by atomic mass is 9.80. The van der Waals surface area contributed by atoms with Gasteiger partial charge < -0.3 is 0 Å². The summed E-state index contributed by atoms with van der Waals surface area (Å²) in [7, 11) is 0. The Morgan fingerprint density at radius 2 is 1.74 bits per heavy atom. The smallest absolute Gasteiger partial charge is 0.0822 e. The Bertz CT molecular complexity index is 587. The molecule has 0 amide bonds. The van der Waals surface area contributed by atoms with E-state index in [9.17, 15) is 5.26 Å². The summed E-state index contributed by atoms with van der Waals surface area (Å²) in [6.45, 7) is 0. The monoisotopic (exact) mass is 248 g/mol. The summed E-state index contributed by atoms with van der Waals surface area (Å²) >= 11 is 0. The van der Waals surface area contributed by atoms with E-state index in [-0.39, 0.29) is 5.41 Å². The molecule has 0 radical (unpaired) electrons. The van der Waals surface area contributed by atoms with Crippen molar-refractivity contribution in [1.82, 2.24) is 4.98 Å². The van der Waals surface area contributed by atoms with Crippen LogP contribution in [-0.2, 0) is 5.41 Å². The second-order valence-electron chi connectivity index (χ2n) is 5.22. The molecule has 2 aromatic rings. The third kappa shape index (κ3) is 2.13. The summed E-state index contributed by atoms with van der Waals surface area (Å²) in [6, 6.07) is 15.0. The summed E-state index contributed by atoms with van der Waals surface area (Å²) in [5, 5.41) is 9.50. The van der Waals surface area contributed by atoms with Crippen molar-refractivity contribution in [2.24, 2.45) is 0 Å². The van der Waals surface area contributed by atoms with Gasteiger partial charge in [-0.05, 0) is 35.6 Å².